The highest BCUT2D eigenvalue weighted by Gasteiger charge is 2.16. The number of aliphatic hydroxyl groups is 1. The molecule has 1 aromatic heterocycles. The zero-order valence-corrected chi connectivity index (χ0v) is 10.6. The van der Waals surface area contributed by atoms with E-state index in [2.05, 4.69) is 31.3 Å². The molecule has 0 amide bonds. The number of nitrogens with zero attached hydrogens (tertiary/aromatic N) is 4. The molecule has 0 bridgehead atoms. The van der Waals surface area contributed by atoms with E-state index >= 15 is 0 Å². The first-order chi connectivity index (χ1) is 8.08. The molecule has 0 aliphatic carbocycles. The third-order valence-corrected chi connectivity index (χ3v) is 3.10. The predicted octanol–water partition coefficient (Wildman–Crippen LogP) is 1.39. The van der Waals surface area contributed by atoms with Gasteiger partial charge in [-0.1, -0.05) is 12.1 Å². The van der Waals surface area contributed by atoms with Crippen LogP contribution in [0.4, 0.5) is 4.39 Å². The Hall–Kier alpha value is -1.34. The molecule has 0 saturated heterocycles. The van der Waals surface area contributed by atoms with Crippen LogP contribution >= 0.6 is 15.9 Å². The fraction of sp³-hybridized carbons (Fsp3) is 0.300. The van der Waals surface area contributed by atoms with Crippen LogP contribution in [0.1, 0.15) is 17.5 Å². The highest BCUT2D eigenvalue weighted by Crippen LogP contribution is 2.27. The summed E-state index contributed by atoms with van der Waals surface area (Å²) in [5.74, 6) is 0.00446. The van der Waals surface area contributed by atoms with Crippen LogP contribution in [0, 0.1) is 5.82 Å². The van der Waals surface area contributed by atoms with Gasteiger partial charge in [-0.2, -0.15) is 4.80 Å². The summed E-state index contributed by atoms with van der Waals surface area (Å²) in [6.45, 7) is 0. The molecule has 17 heavy (non-hydrogen) atoms. The Bertz CT molecular complexity index is 531. The Morgan fingerprint density at radius 1 is 1.53 bits per heavy atom. The molecule has 90 valence electrons. The largest absolute Gasteiger partial charge is 0.388 e. The lowest BCUT2D eigenvalue weighted by atomic mass is 10.1. The minimum absolute atomic E-state index is 0.190. The number of rotatable bonds is 3. The summed E-state index contributed by atoms with van der Waals surface area (Å²) in [5, 5.41) is 21.4. The molecule has 1 unspecified atom stereocenters. The third kappa shape index (κ3) is 2.67. The van der Waals surface area contributed by atoms with Crippen molar-refractivity contribution >= 4 is 15.9 Å². The second-order valence-electron chi connectivity index (χ2n) is 3.56. The van der Waals surface area contributed by atoms with E-state index in [1.807, 2.05) is 0 Å². The first-order valence-corrected chi connectivity index (χ1v) is 5.72. The number of aliphatic hydroxyl groups excluding tert-OH is 1. The van der Waals surface area contributed by atoms with Crippen LogP contribution in [0.2, 0.25) is 0 Å². The van der Waals surface area contributed by atoms with Gasteiger partial charge in [0.1, 0.15) is 5.82 Å². The zero-order chi connectivity index (χ0) is 12.4. The maximum Gasteiger partial charge on any atom is 0.177 e. The average Bonchev–Trinajstić information content (AvgIpc) is 2.68. The number of benzene rings is 1. The molecule has 0 radical (unpaired) electrons. The Kier molecular flexibility index (Phi) is 3.49. The van der Waals surface area contributed by atoms with Crippen molar-refractivity contribution in [2.75, 3.05) is 0 Å². The molecule has 1 atom stereocenters. The molecule has 7 heteroatoms. The van der Waals surface area contributed by atoms with Gasteiger partial charge in [0.25, 0.3) is 0 Å². The summed E-state index contributed by atoms with van der Waals surface area (Å²) < 4.78 is 13.5. The van der Waals surface area contributed by atoms with E-state index in [-0.39, 0.29) is 10.9 Å². The second-order valence-corrected chi connectivity index (χ2v) is 4.35. The molecule has 0 aliphatic rings. The normalized spacial score (nSPS) is 12.7. The van der Waals surface area contributed by atoms with E-state index in [0.29, 0.717) is 11.4 Å². The SMILES string of the molecule is Cn1nnc(CC(O)c2cccc(F)c2Br)n1. The van der Waals surface area contributed by atoms with E-state index in [0.717, 1.165) is 0 Å². The van der Waals surface area contributed by atoms with Crippen LogP contribution in [-0.2, 0) is 13.5 Å². The summed E-state index contributed by atoms with van der Waals surface area (Å²) in [6.07, 6.45) is -0.681. The quantitative estimate of drug-likeness (QED) is 0.930. The molecule has 5 nitrogen and oxygen atoms in total. The minimum atomic E-state index is -0.871. The molecule has 2 aromatic rings. The van der Waals surface area contributed by atoms with Crippen molar-refractivity contribution < 1.29 is 9.50 Å². The predicted molar refractivity (Wildman–Crippen MR) is 61.6 cm³/mol. The maximum absolute atomic E-state index is 13.3. The lowest BCUT2D eigenvalue weighted by molar-refractivity contribution is 0.174. The fourth-order valence-electron chi connectivity index (χ4n) is 1.47. The van der Waals surface area contributed by atoms with Gasteiger partial charge in [-0.25, -0.2) is 4.39 Å². The topological polar surface area (TPSA) is 63.8 Å². The first-order valence-electron chi connectivity index (χ1n) is 4.93. The average molecular weight is 301 g/mol. The lowest BCUT2D eigenvalue weighted by Gasteiger charge is -2.10. The van der Waals surface area contributed by atoms with Crippen LogP contribution in [0.25, 0.3) is 0 Å². The van der Waals surface area contributed by atoms with Crippen LogP contribution in [-0.4, -0.2) is 25.3 Å². The number of hydrogen-bond acceptors (Lipinski definition) is 4. The third-order valence-electron chi connectivity index (χ3n) is 2.27. The van der Waals surface area contributed by atoms with Crippen LogP contribution < -0.4 is 0 Å². The number of hydrogen-bond donors (Lipinski definition) is 1. The monoisotopic (exact) mass is 300 g/mol. The summed E-state index contributed by atoms with van der Waals surface area (Å²) >= 11 is 3.10. The molecule has 1 aromatic carbocycles. The van der Waals surface area contributed by atoms with Crippen molar-refractivity contribution in [1.29, 1.82) is 0 Å². The zero-order valence-electron chi connectivity index (χ0n) is 9.01. The van der Waals surface area contributed by atoms with Crippen molar-refractivity contribution in [3.8, 4) is 0 Å². The molecule has 0 saturated carbocycles. The first kappa shape index (κ1) is 12.1. The molecule has 0 aliphatic heterocycles. The summed E-state index contributed by atoms with van der Waals surface area (Å²) in [4.78, 5) is 1.31. The molecule has 0 spiro atoms. The summed E-state index contributed by atoms with van der Waals surface area (Å²) in [5.41, 5.74) is 0.470. The molecular weight excluding hydrogens is 291 g/mol. The van der Waals surface area contributed by atoms with E-state index in [4.69, 9.17) is 0 Å². The Labute approximate surface area is 105 Å². The van der Waals surface area contributed by atoms with Crippen molar-refractivity contribution in [2.45, 2.75) is 12.5 Å². The van der Waals surface area contributed by atoms with Gasteiger partial charge in [0.15, 0.2) is 5.82 Å². The lowest BCUT2D eigenvalue weighted by Crippen LogP contribution is -2.05. The van der Waals surface area contributed by atoms with Crippen molar-refractivity contribution in [2.24, 2.45) is 7.05 Å². The van der Waals surface area contributed by atoms with Crippen molar-refractivity contribution in [3.05, 3.63) is 39.9 Å². The van der Waals surface area contributed by atoms with Gasteiger partial charge in [0, 0.05) is 6.42 Å². The molecule has 1 N–H and O–H groups in total. The molecule has 1 heterocycles. The number of aryl methyl sites for hydroxylation is 1. The summed E-state index contributed by atoms with van der Waals surface area (Å²) in [6, 6.07) is 4.51. The van der Waals surface area contributed by atoms with Crippen LogP contribution in [0.15, 0.2) is 22.7 Å². The van der Waals surface area contributed by atoms with Crippen molar-refractivity contribution in [1.82, 2.24) is 20.2 Å². The van der Waals surface area contributed by atoms with Gasteiger partial charge in [-0.15, -0.1) is 10.2 Å². The highest BCUT2D eigenvalue weighted by molar-refractivity contribution is 9.10. The van der Waals surface area contributed by atoms with Crippen LogP contribution in [0.5, 0.6) is 0 Å². The van der Waals surface area contributed by atoms with Gasteiger partial charge < -0.3 is 5.11 Å². The molecular formula is C10H10BrFN4O. The van der Waals surface area contributed by atoms with Crippen molar-refractivity contribution in [3.63, 3.8) is 0 Å². The van der Waals surface area contributed by atoms with Gasteiger partial charge in [-0.3, -0.25) is 0 Å². The van der Waals surface area contributed by atoms with Gasteiger partial charge in [0.05, 0.1) is 17.6 Å². The molecule has 0 fully saturated rings. The fourth-order valence-corrected chi connectivity index (χ4v) is 1.99. The second kappa shape index (κ2) is 4.89. The number of aromatic nitrogens is 4. The van der Waals surface area contributed by atoms with E-state index in [1.54, 1.807) is 19.2 Å². The standard InChI is InChI=1S/C10H10BrFN4O/c1-16-14-9(13-15-16)5-8(17)6-3-2-4-7(12)10(6)11/h2-4,8,17H,5H2,1H3. The van der Waals surface area contributed by atoms with E-state index in [1.165, 1.54) is 10.9 Å². The Morgan fingerprint density at radius 3 is 2.94 bits per heavy atom. The molecule has 2 rings (SSSR count). The van der Waals surface area contributed by atoms with Crippen LogP contribution in [0.3, 0.4) is 0 Å². The summed E-state index contributed by atoms with van der Waals surface area (Å²) in [7, 11) is 1.64. The highest BCUT2D eigenvalue weighted by atomic mass is 79.9. The van der Waals surface area contributed by atoms with E-state index in [9.17, 15) is 9.50 Å². The van der Waals surface area contributed by atoms with Gasteiger partial charge in [0.2, 0.25) is 0 Å². The Balaban J connectivity index is 2.20. The van der Waals surface area contributed by atoms with E-state index < -0.39 is 11.9 Å². The Morgan fingerprint density at radius 2 is 2.29 bits per heavy atom. The van der Waals surface area contributed by atoms with Gasteiger partial charge >= 0.3 is 0 Å². The smallest absolute Gasteiger partial charge is 0.177 e. The van der Waals surface area contributed by atoms with Gasteiger partial charge in [-0.05, 0) is 32.8 Å². The minimum Gasteiger partial charge on any atom is -0.388 e. The maximum atomic E-state index is 13.3. The number of tetrazole rings is 1. The number of halogens is 2.